The first-order chi connectivity index (χ1) is 33.2. The van der Waals surface area contributed by atoms with E-state index in [2.05, 4.69) is 187 Å². The van der Waals surface area contributed by atoms with Crippen LogP contribution >= 0.6 is 11.3 Å². The lowest BCUT2D eigenvalue weighted by molar-refractivity contribution is 0.672. The molecule has 0 aliphatic rings. The summed E-state index contributed by atoms with van der Waals surface area (Å²) in [6, 6.07) is 81.0. The van der Waals surface area contributed by atoms with Gasteiger partial charge in [0.25, 0.3) is 0 Å². The van der Waals surface area contributed by atoms with E-state index < -0.39 is 0 Å². The third-order valence-electron chi connectivity index (χ3n) is 12.7. The van der Waals surface area contributed by atoms with Crippen molar-refractivity contribution in [3.8, 4) is 56.4 Å². The summed E-state index contributed by atoms with van der Waals surface area (Å²) in [5.74, 6) is 1.80. The second kappa shape index (κ2) is 16.1. The summed E-state index contributed by atoms with van der Waals surface area (Å²) in [5.41, 5.74) is 12.1. The van der Waals surface area contributed by atoms with E-state index in [0.29, 0.717) is 17.5 Å². The van der Waals surface area contributed by atoms with Crippen LogP contribution in [0.15, 0.2) is 235 Å². The molecule has 67 heavy (non-hydrogen) atoms. The van der Waals surface area contributed by atoms with Gasteiger partial charge in [-0.3, -0.25) is 0 Å². The molecule has 0 aliphatic heterocycles. The van der Waals surface area contributed by atoms with E-state index >= 15 is 0 Å². The Morgan fingerprint density at radius 2 is 0.866 bits per heavy atom. The van der Waals surface area contributed by atoms with Crippen molar-refractivity contribution in [2.75, 3.05) is 4.90 Å². The van der Waals surface area contributed by atoms with E-state index in [-0.39, 0.29) is 0 Å². The Kier molecular flexibility index (Phi) is 9.29. The highest BCUT2D eigenvalue weighted by atomic mass is 32.1. The summed E-state index contributed by atoms with van der Waals surface area (Å²) in [6.07, 6.45) is 0. The van der Waals surface area contributed by atoms with E-state index in [9.17, 15) is 0 Å². The van der Waals surface area contributed by atoms with Gasteiger partial charge in [0.15, 0.2) is 17.5 Å². The van der Waals surface area contributed by atoms with Crippen molar-refractivity contribution in [3.05, 3.63) is 231 Å². The van der Waals surface area contributed by atoms with Gasteiger partial charge < -0.3 is 9.32 Å². The average Bonchev–Trinajstić information content (AvgIpc) is 3.98. The lowest BCUT2D eigenvalue weighted by Crippen LogP contribution is -2.09. The number of aromatic nitrogens is 3. The summed E-state index contributed by atoms with van der Waals surface area (Å²) >= 11 is 1.84. The van der Waals surface area contributed by atoms with Gasteiger partial charge >= 0.3 is 0 Å². The zero-order valence-electron chi connectivity index (χ0n) is 36.0. The zero-order valence-corrected chi connectivity index (χ0v) is 36.9. The summed E-state index contributed by atoms with van der Waals surface area (Å²) < 4.78 is 9.40. The fourth-order valence-electron chi connectivity index (χ4n) is 9.43. The van der Waals surface area contributed by atoms with Gasteiger partial charge in [0.2, 0.25) is 0 Å². The van der Waals surface area contributed by atoms with E-state index in [0.717, 1.165) is 88.7 Å². The largest absolute Gasteiger partial charge is 0.455 e. The normalized spacial score (nSPS) is 11.6. The van der Waals surface area contributed by atoms with E-state index in [1.165, 1.54) is 20.2 Å². The highest BCUT2D eigenvalue weighted by Gasteiger charge is 2.21. The number of furan rings is 1. The van der Waals surface area contributed by atoms with E-state index in [4.69, 9.17) is 19.4 Å². The third kappa shape index (κ3) is 6.90. The van der Waals surface area contributed by atoms with Crippen molar-refractivity contribution in [1.82, 2.24) is 15.0 Å². The van der Waals surface area contributed by atoms with E-state index in [1.807, 2.05) is 59.9 Å². The van der Waals surface area contributed by atoms with Gasteiger partial charge in [-0.15, -0.1) is 11.3 Å². The van der Waals surface area contributed by atoms with Crippen molar-refractivity contribution in [1.29, 1.82) is 0 Å². The first-order valence-electron chi connectivity index (χ1n) is 22.4. The predicted octanol–water partition coefficient (Wildman–Crippen LogP) is 17.1. The molecule has 0 amide bonds. The molecule has 0 spiro atoms. The molecule has 3 heterocycles. The van der Waals surface area contributed by atoms with Gasteiger partial charge in [-0.25, -0.2) is 15.0 Å². The van der Waals surface area contributed by atoms with Crippen LogP contribution in [0.5, 0.6) is 0 Å². The van der Waals surface area contributed by atoms with Crippen LogP contribution in [0.3, 0.4) is 0 Å². The highest BCUT2D eigenvalue weighted by molar-refractivity contribution is 7.25. The number of rotatable bonds is 8. The minimum Gasteiger partial charge on any atom is -0.455 e. The maximum atomic E-state index is 6.82. The number of anilines is 3. The smallest absolute Gasteiger partial charge is 0.164 e. The molecule has 10 aromatic carbocycles. The minimum atomic E-state index is 0.587. The van der Waals surface area contributed by atoms with Crippen molar-refractivity contribution in [2.45, 2.75) is 0 Å². The molecule has 5 nitrogen and oxygen atoms in total. The summed E-state index contributed by atoms with van der Waals surface area (Å²) in [5, 5.41) is 6.62. The number of benzene rings is 10. The molecule has 0 N–H and O–H groups in total. The molecular formula is C61H38N4OS. The molecule has 0 fully saturated rings. The Balaban J connectivity index is 0.921. The minimum absolute atomic E-state index is 0.587. The summed E-state index contributed by atoms with van der Waals surface area (Å²) in [4.78, 5) is 17.8. The SMILES string of the molecule is c1ccc(-c2ccc(-c3nc(-c4ccccc4)nc(-c4cc5ccc(-c6ccc(N(c7ccccc7)c7ccc8c(c7)sc7ccccc78)cc6)cc5c5oc6ccccc6c45)n3)cc2)cc1. The van der Waals surface area contributed by atoms with Crippen molar-refractivity contribution >= 4 is 81.3 Å². The van der Waals surface area contributed by atoms with Crippen molar-refractivity contribution in [3.63, 3.8) is 0 Å². The fourth-order valence-corrected chi connectivity index (χ4v) is 10.6. The van der Waals surface area contributed by atoms with Crippen LogP contribution in [-0.4, -0.2) is 15.0 Å². The molecule has 0 unspecified atom stereocenters. The lowest BCUT2D eigenvalue weighted by Gasteiger charge is -2.25. The number of nitrogens with zero attached hydrogens (tertiary/aromatic N) is 4. The fraction of sp³-hybridized carbons (Fsp3) is 0. The van der Waals surface area contributed by atoms with Gasteiger partial charge in [-0.2, -0.15) is 0 Å². The Hall–Kier alpha value is -8.71. The maximum Gasteiger partial charge on any atom is 0.164 e. The first kappa shape index (κ1) is 38.7. The van der Waals surface area contributed by atoms with Crippen LogP contribution in [0, 0.1) is 0 Å². The first-order valence-corrected chi connectivity index (χ1v) is 23.2. The van der Waals surface area contributed by atoms with Gasteiger partial charge in [0.1, 0.15) is 11.2 Å². The second-order valence-corrected chi connectivity index (χ2v) is 17.9. The Bertz CT molecular complexity index is 3960. The Labute approximate surface area is 390 Å². The molecule has 0 saturated heterocycles. The monoisotopic (exact) mass is 874 g/mol. The van der Waals surface area contributed by atoms with Gasteiger partial charge in [0.05, 0.1) is 0 Å². The zero-order chi connectivity index (χ0) is 44.3. The molecule has 0 bridgehead atoms. The van der Waals surface area contributed by atoms with Gasteiger partial charge in [-0.1, -0.05) is 170 Å². The van der Waals surface area contributed by atoms with Crippen LogP contribution in [0.4, 0.5) is 17.1 Å². The quantitative estimate of drug-likeness (QED) is 0.152. The molecule has 6 heteroatoms. The summed E-state index contributed by atoms with van der Waals surface area (Å²) in [7, 11) is 0. The molecule has 3 aromatic heterocycles. The Morgan fingerprint density at radius 1 is 0.343 bits per heavy atom. The second-order valence-electron chi connectivity index (χ2n) is 16.8. The van der Waals surface area contributed by atoms with Gasteiger partial charge in [-0.05, 0) is 88.3 Å². The van der Waals surface area contributed by atoms with Crippen LogP contribution < -0.4 is 4.90 Å². The highest BCUT2D eigenvalue weighted by Crippen LogP contribution is 2.44. The van der Waals surface area contributed by atoms with Crippen LogP contribution in [0.2, 0.25) is 0 Å². The molecular weight excluding hydrogens is 837 g/mol. The average molecular weight is 875 g/mol. The lowest BCUT2D eigenvalue weighted by atomic mass is 9.96. The van der Waals surface area contributed by atoms with Crippen molar-refractivity contribution < 1.29 is 4.42 Å². The predicted molar refractivity (Wildman–Crippen MR) is 279 cm³/mol. The van der Waals surface area contributed by atoms with Crippen LogP contribution in [0.25, 0.3) is 109 Å². The molecule has 0 atom stereocenters. The maximum absolute atomic E-state index is 6.82. The third-order valence-corrected chi connectivity index (χ3v) is 13.8. The molecule has 13 rings (SSSR count). The van der Waals surface area contributed by atoms with Crippen molar-refractivity contribution in [2.24, 2.45) is 0 Å². The number of para-hydroxylation sites is 2. The molecule has 13 aromatic rings. The molecule has 0 aliphatic carbocycles. The topological polar surface area (TPSA) is 55.1 Å². The standard InChI is InChI=1S/C61H38N4OS/c1-4-14-39(15-5-1)40-24-26-43(27-25-40)60-62-59(42-16-6-2-7-17-42)63-61(64-60)53-37-45-29-28-44(36-52(45)58-57(53)51-21-10-12-22-54(51)66-58)41-30-32-47(33-31-41)65(46-18-8-3-9-19-46)48-34-35-50-49-20-11-13-23-55(49)67-56(50)38-48/h1-38H. The van der Waals surface area contributed by atoms with Crippen LogP contribution in [0.1, 0.15) is 0 Å². The molecule has 0 radical (unpaired) electrons. The van der Waals surface area contributed by atoms with Crippen LogP contribution in [-0.2, 0) is 0 Å². The Morgan fingerprint density at radius 3 is 1.63 bits per heavy atom. The number of fused-ring (bicyclic) bond motifs is 8. The molecule has 314 valence electrons. The van der Waals surface area contributed by atoms with Gasteiger partial charge in [0, 0.05) is 70.1 Å². The molecule has 0 saturated carbocycles. The number of hydrogen-bond acceptors (Lipinski definition) is 6. The number of thiophene rings is 1. The summed E-state index contributed by atoms with van der Waals surface area (Å²) in [6.45, 7) is 0. The number of hydrogen-bond donors (Lipinski definition) is 0. The van der Waals surface area contributed by atoms with E-state index in [1.54, 1.807) is 0 Å².